The van der Waals surface area contributed by atoms with E-state index in [1.807, 2.05) is 11.8 Å². The van der Waals surface area contributed by atoms with Gasteiger partial charge in [-0.2, -0.15) is 11.8 Å². The zero-order chi connectivity index (χ0) is 8.10. The molecule has 1 aliphatic heterocycles. The Labute approximate surface area is 81.5 Å². The fourth-order valence-electron chi connectivity index (χ4n) is 0.821. The first-order chi connectivity index (χ1) is 5.33. The Morgan fingerprint density at radius 1 is 1.64 bits per heavy atom. The molecule has 1 nitrogen and oxygen atoms in total. The van der Waals surface area contributed by atoms with Crippen molar-refractivity contribution >= 4 is 35.0 Å². The van der Waals surface area contributed by atoms with Gasteiger partial charge in [-0.3, -0.25) is 0 Å². The van der Waals surface area contributed by atoms with Crippen LogP contribution >= 0.6 is 35.0 Å². The number of rotatable bonds is 4. The molecule has 1 fully saturated rings. The van der Waals surface area contributed by atoms with Gasteiger partial charge in [0.05, 0.1) is 0 Å². The fourth-order valence-corrected chi connectivity index (χ4v) is 2.19. The lowest BCUT2D eigenvalue weighted by Gasteiger charge is -2.26. The molecule has 0 aliphatic carbocycles. The van der Waals surface area contributed by atoms with Gasteiger partial charge in [0, 0.05) is 16.3 Å². The van der Waals surface area contributed by atoms with Gasteiger partial charge in [-0.05, 0) is 24.8 Å². The van der Waals surface area contributed by atoms with Crippen LogP contribution in [0.5, 0.6) is 0 Å². The van der Waals surface area contributed by atoms with Gasteiger partial charge in [0.2, 0.25) is 0 Å². The first-order valence-corrected chi connectivity index (χ1v) is 5.53. The summed E-state index contributed by atoms with van der Waals surface area (Å²) in [6.45, 7) is 2.32. The van der Waals surface area contributed by atoms with Crippen molar-refractivity contribution in [2.75, 3.05) is 24.6 Å². The van der Waals surface area contributed by atoms with E-state index in [1.54, 1.807) is 0 Å². The van der Waals surface area contributed by atoms with Gasteiger partial charge in [0.1, 0.15) is 0 Å². The Kier molecular flexibility index (Phi) is 4.69. The van der Waals surface area contributed by atoms with E-state index < -0.39 is 0 Å². The summed E-state index contributed by atoms with van der Waals surface area (Å²) in [4.78, 5) is 0. The normalized spacial score (nSPS) is 20.0. The quantitative estimate of drug-likeness (QED) is 0.767. The van der Waals surface area contributed by atoms with Crippen molar-refractivity contribution in [2.24, 2.45) is 5.92 Å². The summed E-state index contributed by atoms with van der Waals surface area (Å²) in [6.07, 6.45) is 0. The van der Waals surface area contributed by atoms with Crippen molar-refractivity contribution in [1.29, 1.82) is 0 Å². The summed E-state index contributed by atoms with van der Waals surface area (Å²) in [5.41, 5.74) is 1.44. The Morgan fingerprint density at radius 3 is 2.82 bits per heavy atom. The maximum absolute atomic E-state index is 5.70. The van der Waals surface area contributed by atoms with E-state index in [1.165, 1.54) is 11.3 Å². The third kappa shape index (κ3) is 3.70. The fraction of sp³-hybridized carbons (Fsp3) is 0.714. The van der Waals surface area contributed by atoms with Crippen LogP contribution in [0.1, 0.15) is 0 Å². The highest BCUT2D eigenvalue weighted by molar-refractivity contribution is 7.99. The van der Waals surface area contributed by atoms with Crippen LogP contribution in [0.4, 0.5) is 0 Å². The Balaban J connectivity index is 1.95. The number of hydrogen-bond acceptors (Lipinski definition) is 2. The molecule has 0 radical (unpaired) electrons. The average Bonchev–Trinajstić information content (AvgIpc) is 1.94. The van der Waals surface area contributed by atoms with E-state index in [0.29, 0.717) is 0 Å². The van der Waals surface area contributed by atoms with E-state index in [-0.39, 0.29) is 0 Å². The van der Waals surface area contributed by atoms with Gasteiger partial charge in [-0.15, -0.1) is 0 Å². The molecule has 0 unspecified atom stereocenters. The molecule has 11 heavy (non-hydrogen) atoms. The summed E-state index contributed by atoms with van der Waals surface area (Å²) < 4.78 is 0. The van der Waals surface area contributed by atoms with Gasteiger partial charge in [-0.25, -0.2) is 0 Å². The van der Waals surface area contributed by atoms with Crippen molar-refractivity contribution < 1.29 is 0 Å². The number of nitrogens with one attached hydrogen (secondary N) is 1. The molecular formula is C7H11Cl2NS. The number of halogens is 2. The second-order valence-electron chi connectivity index (χ2n) is 2.60. The van der Waals surface area contributed by atoms with Crippen LogP contribution in [0.25, 0.3) is 0 Å². The summed E-state index contributed by atoms with van der Waals surface area (Å²) in [5, 5.41) is 3.97. The van der Waals surface area contributed by atoms with Crippen LogP contribution < -0.4 is 5.32 Å². The second-order valence-corrected chi connectivity index (χ2v) is 4.33. The van der Waals surface area contributed by atoms with E-state index >= 15 is 0 Å². The maximum atomic E-state index is 5.70. The SMILES string of the molecule is ClC=C(Cl)CSCC1CNC1. The number of thioether (sulfide) groups is 1. The second kappa shape index (κ2) is 5.31. The molecule has 0 atom stereocenters. The average molecular weight is 212 g/mol. The minimum absolute atomic E-state index is 0.740. The molecule has 1 rings (SSSR count). The van der Waals surface area contributed by atoms with Gasteiger partial charge in [0.25, 0.3) is 0 Å². The van der Waals surface area contributed by atoms with Gasteiger partial charge >= 0.3 is 0 Å². The van der Waals surface area contributed by atoms with Crippen molar-refractivity contribution in [2.45, 2.75) is 0 Å². The van der Waals surface area contributed by atoms with E-state index in [4.69, 9.17) is 23.2 Å². The lowest BCUT2D eigenvalue weighted by atomic mass is 10.1. The molecule has 64 valence electrons. The molecule has 0 spiro atoms. The highest BCUT2D eigenvalue weighted by Gasteiger charge is 2.15. The highest BCUT2D eigenvalue weighted by atomic mass is 35.5. The lowest BCUT2D eigenvalue weighted by molar-refractivity contribution is 0.385. The minimum Gasteiger partial charge on any atom is -0.316 e. The molecule has 4 heteroatoms. The first kappa shape index (κ1) is 9.72. The summed E-state index contributed by atoms with van der Waals surface area (Å²) in [5.74, 6) is 2.88. The topological polar surface area (TPSA) is 12.0 Å². The first-order valence-electron chi connectivity index (χ1n) is 3.56. The van der Waals surface area contributed by atoms with E-state index in [9.17, 15) is 0 Å². The Morgan fingerprint density at radius 2 is 2.36 bits per heavy atom. The molecular weight excluding hydrogens is 201 g/mol. The molecule has 0 aromatic carbocycles. The van der Waals surface area contributed by atoms with Crippen molar-refractivity contribution in [3.8, 4) is 0 Å². The summed E-state index contributed by atoms with van der Waals surface area (Å²) in [6, 6.07) is 0. The summed E-state index contributed by atoms with van der Waals surface area (Å²) in [7, 11) is 0. The van der Waals surface area contributed by atoms with Crippen LogP contribution in [0.2, 0.25) is 0 Å². The van der Waals surface area contributed by atoms with E-state index in [0.717, 1.165) is 29.8 Å². The molecule has 0 saturated carbocycles. The Bertz CT molecular complexity index is 145. The smallest absolute Gasteiger partial charge is 0.0392 e. The molecule has 1 N–H and O–H groups in total. The molecule has 0 bridgehead atoms. The standard InChI is InChI=1S/C7H11Cl2NS/c8-1-7(9)5-11-4-6-2-10-3-6/h1,6,10H,2-5H2. The third-order valence-electron chi connectivity index (χ3n) is 1.58. The van der Waals surface area contributed by atoms with Crippen LogP contribution in [-0.2, 0) is 0 Å². The monoisotopic (exact) mass is 211 g/mol. The molecule has 1 heterocycles. The molecule has 0 aromatic heterocycles. The minimum atomic E-state index is 0.740. The molecule has 1 saturated heterocycles. The zero-order valence-electron chi connectivity index (χ0n) is 6.15. The zero-order valence-corrected chi connectivity index (χ0v) is 8.48. The van der Waals surface area contributed by atoms with Crippen molar-refractivity contribution in [3.63, 3.8) is 0 Å². The largest absolute Gasteiger partial charge is 0.316 e. The van der Waals surface area contributed by atoms with E-state index in [2.05, 4.69) is 5.32 Å². The molecule has 0 amide bonds. The number of hydrogen-bond donors (Lipinski definition) is 1. The maximum Gasteiger partial charge on any atom is 0.0392 e. The van der Waals surface area contributed by atoms with Crippen molar-refractivity contribution in [1.82, 2.24) is 5.32 Å². The highest BCUT2D eigenvalue weighted by Crippen LogP contribution is 2.17. The molecule has 1 aliphatic rings. The Hall–Kier alpha value is 0.630. The predicted molar refractivity (Wildman–Crippen MR) is 53.5 cm³/mol. The third-order valence-corrected chi connectivity index (χ3v) is 3.58. The van der Waals surface area contributed by atoms with Crippen LogP contribution in [0.15, 0.2) is 10.6 Å². The lowest BCUT2D eigenvalue weighted by Crippen LogP contribution is -2.43. The summed E-state index contributed by atoms with van der Waals surface area (Å²) >= 11 is 12.9. The van der Waals surface area contributed by atoms with Gasteiger partial charge in [0.15, 0.2) is 0 Å². The predicted octanol–water partition coefficient (Wildman–Crippen LogP) is 2.26. The van der Waals surface area contributed by atoms with Gasteiger partial charge in [-0.1, -0.05) is 23.2 Å². The molecule has 0 aromatic rings. The van der Waals surface area contributed by atoms with Crippen molar-refractivity contribution in [3.05, 3.63) is 10.6 Å². The van der Waals surface area contributed by atoms with Crippen LogP contribution in [0, 0.1) is 5.92 Å². The van der Waals surface area contributed by atoms with Gasteiger partial charge < -0.3 is 5.32 Å². The van der Waals surface area contributed by atoms with Crippen LogP contribution in [0.3, 0.4) is 0 Å². The van der Waals surface area contributed by atoms with Crippen LogP contribution in [-0.4, -0.2) is 24.6 Å².